The van der Waals surface area contributed by atoms with Gasteiger partial charge in [-0.05, 0) is 116 Å². The van der Waals surface area contributed by atoms with Crippen LogP contribution in [0.15, 0.2) is 134 Å². The predicted octanol–water partition coefficient (Wildman–Crippen LogP) is 22.2. The summed E-state index contributed by atoms with van der Waals surface area (Å²) >= 11 is 0. The molecule has 1 unspecified atom stereocenters. The standard InChI is InChI=1S/C72H118O6/c1-4-7-10-13-16-19-21-23-25-27-29-31-32-33-34-35-36-37-38-39-40-42-43-45-47-49-51-53-56-59-62-65-71(74)77-68-69(67-76-70(73)64-61-58-55-18-15-12-9-6-3)78-72(75)66-63-60-57-54-52-50-48-46-44-41-30-28-26-24-22-20-17-14-11-8-5-2/h7-8,10-11,16-17,19-20,23-26,29-31,33-34,41,46,48,52,54,69H,4-6,9,12-15,18,21-22,27-28,32,35-40,42-45,47,49-51,53,55-68H2,1-3H3/b10-7-,11-8-,19-16-,20-17-,25-23-,26-24-,31-29-,34-33-,41-30-,48-46-,54-52-. The molecule has 6 heteroatoms. The fraction of sp³-hybridized carbons (Fsp3) is 0.653. The van der Waals surface area contributed by atoms with Crippen molar-refractivity contribution in [1.29, 1.82) is 0 Å². The summed E-state index contributed by atoms with van der Waals surface area (Å²) in [7, 11) is 0. The predicted molar refractivity (Wildman–Crippen MR) is 339 cm³/mol. The Hall–Kier alpha value is -4.45. The van der Waals surface area contributed by atoms with Crippen molar-refractivity contribution in [2.45, 2.75) is 290 Å². The van der Waals surface area contributed by atoms with Gasteiger partial charge >= 0.3 is 17.9 Å². The number of carbonyl (C=O) groups is 3. The second kappa shape index (κ2) is 65.1. The Balaban J connectivity index is 4.20. The third-order valence-corrected chi connectivity index (χ3v) is 13.4. The van der Waals surface area contributed by atoms with Crippen LogP contribution in [-0.2, 0) is 28.6 Å². The molecule has 0 aromatic rings. The zero-order valence-electron chi connectivity index (χ0n) is 50.6. The first-order valence-corrected chi connectivity index (χ1v) is 32.2. The van der Waals surface area contributed by atoms with E-state index >= 15 is 0 Å². The Labute approximate surface area is 481 Å². The Bertz CT molecular complexity index is 1670. The minimum absolute atomic E-state index is 0.0963. The van der Waals surface area contributed by atoms with Crippen molar-refractivity contribution in [3.05, 3.63) is 134 Å². The van der Waals surface area contributed by atoms with Crippen LogP contribution in [0.25, 0.3) is 0 Å². The van der Waals surface area contributed by atoms with Crippen LogP contribution in [0.3, 0.4) is 0 Å². The van der Waals surface area contributed by atoms with E-state index in [4.69, 9.17) is 14.2 Å². The maximum absolute atomic E-state index is 12.9. The van der Waals surface area contributed by atoms with E-state index in [2.05, 4.69) is 154 Å². The summed E-state index contributed by atoms with van der Waals surface area (Å²) in [6.07, 6.45) is 92.0. The van der Waals surface area contributed by atoms with Crippen molar-refractivity contribution in [2.75, 3.05) is 13.2 Å². The van der Waals surface area contributed by atoms with E-state index < -0.39 is 6.10 Å². The average molecular weight is 1080 g/mol. The molecule has 442 valence electrons. The molecule has 0 N–H and O–H groups in total. The van der Waals surface area contributed by atoms with Gasteiger partial charge in [-0.1, -0.05) is 283 Å². The highest BCUT2D eigenvalue weighted by Gasteiger charge is 2.19. The maximum Gasteiger partial charge on any atom is 0.306 e. The first-order chi connectivity index (χ1) is 38.5. The molecule has 0 radical (unpaired) electrons. The zero-order chi connectivity index (χ0) is 56.4. The van der Waals surface area contributed by atoms with Gasteiger partial charge in [-0.2, -0.15) is 0 Å². The van der Waals surface area contributed by atoms with E-state index in [9.17, 15) is 14.4 Å². The highest BCUT2D eigenvalue weighted by Crippen LogP contribution is 2.16. The van der Waals surface area contributed by atoms with E-state index in [0.29, 0.717) is 19.3 Å². The molecule has 0 aliphatic heterocycles. The van der Waals surface area contributed by atoms with Gasteiger partial charge in [0.25, 0.3) is 0 Å². The number of unbranched alkanes of at least 4 members (excludes halogenated alkanes) is 24. The number of carbonyl (C=O) groups excluding carboxylic acids is 3. The summed E-state index contributed by atoms with van der Waals surface area (Å²) in [6, 6.07) is 0. The molecule has 0 amide bonds. The minimum atomic E-state index is -0.802. The number of allylic oxidation sites excluding steroid dienone is 22. The lowest BCUT2D eigenvalue weighted by Gasteiger charge is -2.18. The third kappa shape index (κ3) is 62.4. The van der Waals surface area contributed by atoms with Crippen LogP contribution >= 0.6 is 0 Å². The van der Waals surface area contributed by atoms with Gasteiger partial charge < -0.3 is 14.2 Å². The lowest BCUT2D eigenvalue weighted by Crippen LogP contribution is -2.30. The molecular weight excluding hydrogens is 961 g/mol. The van der Waals surface area contributed by atoms with E-state index in [0.717, 1.165) is 122 Å². The third-order valence-electron chi connectivity index (χ3n) is 13.4. The number of hydrogen-bond donors (Lipinski definition) is 0. The van der Waals surface area contributed by atoms with Gasteiger partial charge in [0.15, 0.2) is 6.10 Å². The Morgan fingerprint density at radius 2 is 0.500 bits per heavy atom. The first-order valence-electron chi connectivity index (χ1n) is 32.2. The van der Waals surface area contributed by atoms with Crippen molar-refractivity contribution in [3.63, 3.8) is 0 Å². The topological polar surface area (TPSA) is 78.9 Å². The van der Waals surface area contributed by atoms with Crippen LogP contribution in [0.5, 0.6) is 0 Å². The highest BCUT2D eigenvalue weighted by molar-refractivity contribution is 5.71. The van der Waals surface area contributed by atoms with Gasteiger partial charge in [0.1, 0.15) is 13.2 Å². The fourth-order valence-corrected chi connectivity index (χ4v) is 8.65. The van der Waals surface area contributed by atoms with Crippen molar-refractivity contribution in [2.24, 2.45) is 0 Å². The van der Waals surface area contributed by atoms with Crippen LogP contribution < -0.4 is 0 Å². The van der Waals surface area contributed by atoms with Crippen LogP contribution in [-0.4, -0.2) is 37.2 Å². The van der Waals surface area contributed by atoms with E-state index in [-0.39, 0.29) is 37.5 Å². The van der Waals surface area contributed by atoms with Gasteiger partial charge in [-0.25, -0.2) is 0 Å². The van der Waals surface area contributed by atoms with E-state index in [1.807, 2.05) is 0 Å². The molecule has 0 heterocycles. The van der Waals surface area contributed by atoms with Crippen molar-refractivity contribution in [3.8, 4) is 0 Å². The minimum Gasteiger partial charge on any atom is -0.462 e. The molecule has 0 rings (SSSR count). The van der Waals surface area contributed by atoms with Crippen LogP contribution in [0.1, 0.15) is 284 Å². The summed E-state index contributed by atoms with van der Waals surface area (Å²) < 4.78 is 16.8. The molecule has 0 spiro atoms. The summed E-state index contributed by atoms with van der Waals surface area (Å²) in [6.45, 7) is 6.35. The maximum atomic E-state index is 12.9. The molecule has 0 fully saturated rings. The lowest BCUT2D eigenvalue weighted by molar-refractivity contribution is -0.167. The molecular formula is C72H118O6. The van der Waals surface area contributed by atoms with E-state index in [1.165, 1.54) is 116 Å². The number of esters is 3. The normalized spacial score (nSPS) is 13.0. The Morgan fingerprint density at radius 3 is 0.808 bits per heavy atom. The monoisotopic (exact) mass is 1080 g/mol. The summed E-state index contributed by atoms with van der Waals surface area (Å²) in [5, 5.41) is 0. The highest BCUT2D eigenvalue weighted by atomic mass is 16.6. The van der Waals surface area contributed by atoms with Gasteiger partial charge in [0, 0.05) is 19.3 Å². The molecule has 0 bridgehead atoms. The molecule has 1 atom stereocenters. The fourth-order valence-electron chi connectivity index (χ4n) is 8.65. The van der Waals surface area contributed by atoms with Gasteiger partial charge in [0.05, 0.1) is 0 Å². The van der Waals surface area contributed by atoms with Crippen molar-refractivity contribution in [1.82, 2.24) is 0 Å². The Kier molecular flexibility index (Phi) is 61.4. The molecule has 0 saturated carbocycles. The SMILES string of the molecule is CC/C=C\C/C=C\C/C=C\C/C=C\C/C=C\C/C=C\CCCCC(=O)OC(COC(=O)CCCCCCCCCC)COC(=O)CCCCCCCCCCCCCCCCC/C=C\C/C=C\C/C=C\C/C=C\C/C=C\CC. The van der Waals surface area contributed by atoms with Crippen LogP contribution in [0, 0.1) is 0 Å². The van der Waals surface area contributed by atoms with Crippen LogP contribution in [0.2, 0.25) is 0 Å². The smallest absolute Gasteiger partial charge is 0.306 e. The largest absolute Gasteiger partial charge is 0.462 e. The number of ether oxygens (including phenoxy) is 3. The summed E-state index contributed by atoms with van der Waals surface area (Å²) in [5.41, 5.74) is 0. The quantitative estimate of drug-likeness (QED) is 0.0261. The Morgan fingerprint density at radius 1 is 0.269 bits per heavy atom. The summed E-state index contributed by atoms with van der Waals surface area (Å²) in [5.74, 6) is -0.942. The lowest BCUT2D eigenvalue weighted by atomic mass is 10.0. The van der Waals surface area contributed by atoms with Gasteiger partial charge in [-0.15, -0.1) is 0 Å². The summed E-state index contributed by atoms with van der Waals surface area (Å²) in [4.78, 5) is 38.1. The molecule has 0 saturated heterocycles. The van der Waals surface area contributed by atoms with Crippen molar-refractivity contribution >= 4 is 17.9 Å². The molecule has 0 aliphatic rings. The molecule has 0 aromatic heterocycles. The molecule has 0 aromatic carbocycles. The molecule has 78 heavy (non-hydrogen) atoms. The van der Waals surface area contributed by atoms with Gasteiger partial charge in [-0.3, -0.25) is 14.4 Å². The average Bonchev–Trinajstić information content (AvgIpc) is 3.44. The van der Waals surface area contributed by atoms with Gasteiger partial charge in [0.2, 0.25) is 0 Å². The molecule has 6 nitrogen and oxygen atoms in total. The van der Waals surface area contributed by atoms with Crippen molar-refractivity contribution < 1.29 is 28.6 Å². The van der Waals surface area contributed by atoms with Crippen LogP contribution in [0.4, 0.5) is 0 Å². The second-order valence-corrected chi connectivity index (χ2v) is 20.9. The zero-order valence-corrected chi connectivity index (χ0v) is 50.6. The first kappa shape index (κ1) is 73.5. The van der Waals surface area contributed by atoms with E-state index in [1.54, 1.807) is 0 Å². The number of hydrogen-bond acceptors (Lipinski definition) is 6. The second-order valence-electron chi connectivity index (χ2n) is 20.9. The number of rotatable bonds is 57. The molecule has 0 aliphatic carbocycles.